The second kappa shape index (κ2) is 12.9. The van der Waals surface area contributed by atoms with Crippen LogP contribution in [0.3, 0.4) is 0 Å². The monoisotopic (exact) mass is 314 g/mol. The van der Waals surface area contributed by atoms with Gasteiger partial charge in [-0.3, -0.25) is 0 Å². The number of allylic oxidation sites excluding steroid dienone is 1. The van der Waals surface area contributed by atoms with Crippen molar-refractivity contribution in [3.05, 3.63) is 72.3 Å². The molecule has 2 aromatic rings. The fraction of sp³-hybridized carbons (Fsp3) is 0.294. The van der Waals surface area contributed by atoms with Crippen molar-refractivity contribution in [2.45, 2.75) is 25.4 Å². The molecule has 0 saturated heterocycles. The Morgan fingerprint density at radius 3 is 2.05 bits per heavy atom. The van der Waals surface area contributed by atoms with Gasteiger partial charge in [0, 0.05) is 29.8 Å². The summed E-state index contributed by atoms with van der Waals surface area (Å²) in [5, 5.41) is 18.2. The SMILES string of the molecule is OCCCC=CCC(O)[c-]1cccc1.[Fe].[cH-]1[cH-][cH-][cH-][cH-]1. The van der Waals surface area contributed by atoms with Crippen LogP contribution in [-0.4, -0.2) is 16.8 Å². The minimum absolute atomic E-state index is 0. The summed E-state index contributed by atoms with van der Waals surface area (Å²) < 4.78 is 0. The van der Waals surface area contributed by atoms with Gasteiger partial charge in [0.15, 0.2) is 0 Å². The van der Waals surface area contributed by atoms with Gasteiger partial charge in [0.25, 0.3) is 0 Å². The Balaban J connectivity index is 0.000000507. The molecule has 0 aromatic heterocycles. The zero-order valence-corrected chi connectivity index (χ0v) is 12.6. The summed E-state index contributed by atoms with van der Waals surface area (Å²) in [6.07, 6.45) is 5.90. The topological polar surface area (TPSA) is 40.5 Å². The standard InChI is InChI=1S/C12H17O2.C5H5.Fe/c13-10-6-2-1-3-9-12(14)11-7-4-5-8-11;1-2-4-5-3-1;/h1,3-5,7-8,12-14H,2,6,9-10H2;1-5H;/q-1;-5;. The van der Waals surface area contributed by atoms with Crippen molar-refractivity contribution in [3.8, 4) is 0 Å². The third kappa shape index (κ3) is 8.89. The van der Waals surface area contributed by atoms with E-state index >= 15 is 0 Å². The second-order valence-corrected chi connectivity index (χ2v) is 4.27. The fourth-order valence-corrected chi connectivity index (χ4v) is 1.62. The summed E-state index contributed by atoms with van der Waals surface area (Å²) in [6, 6.07) is 17.7. The maximum atomic E-state index is 9.67. The fourth-order valence-electron chi connectivity index (χ4n) is 1.62. The van der Waals surface area contributed by atoms with Crippen molar-refractivity contribution in [2.24, 2.45) is 0 Å². The summed E-state index contributed by atoms with van der Waals surface area (Å²) in [6.45, 7) is 0.232. The van der Waals surface area contributed by atoms with Gasteiger partial charge in [-0.2, -0.15) is 12.1 Å². The zero-order chi connectivity index (χ0) is 13.8. The van der Waals surface area contributed by atoms with Crippen LogP contribution in [0.4, 0.5) is 0 Å². The average molecular weight is 314 g/mol. The first-order valence-corrected chi connectivity index (χ1v) is 6.67. The molecule has 0 radical (unpaired) electrons. The van der Waals surface area contributed by atoms with E-state index in [9.17, 15) is 5.11 Å². The molecular weight excluding hydrogens is 292 g/mol. The molecule has 1 unspecified atom stereocenters. The third-order valence-corrected chi connectivity index (χ3v) is 2.68. The number of unbranched alkanes of at least 4 members (excludes halogenated alkanes) is 1. The van der Waals surface area contributed by atoms with E-state index < -0.39 is 6.10 Å². The van der Waals surface area contributed by atoms with Gasteiger partial charge >= 0.3 is 0 Å². The van der Waals surface area contributed by atoms with E-state index in [-0.39, 0.29) is 23.7 Å². The van der Waals surface area contributed by atoms with Crippen molar-refractivity contribution in [1.29, 1.82) is 0 Å². The molecule has 0 spiro atoms. The predicted octanol–water partition coefficient (Wildman–Crippen LogP) is 3.56. The van der Waals surface area contributed by atoms with Crippen LogP contribution in [0.15, 0.2) is 66.7 Å². The quantitative estimate of drug-likeness (QED) is 0.370. The number of hydrogen-bond donors (Lipinski definition) is 2. The van der Waals surface area contributed by atoms with Gasteiger partial charge in [0.2, 0.25) is 0 Å². The van der Waals surface area contributed by atoms with Crippen molar-refractivity contribution < 1.29 is 27.3 Å². The van der Waals surface area contributed by atoms with Crippen molar-refractivity contribution in [3.63, 3.8) is 0 Å². The summed E-state index contributed by atoms with van der Waals surface area (Å²) in [5.41, 5.74) is 0.969. The maximum absolute atomic E-state index is 9.67. The van der Waals surface area contributed by atoms with Gasteiger partial charge in [0.05, 0.1) is 0 Å². The first kappa shape index (κ1) is 18.9. The first-order valence-electron chi connectivity index (χ1n) is 6.67. The largest absolute Gasteiger partial charge is 0.748 e. The van der Waals surface area contributed by atoms with E-state index in [1.54, 1.807) is 0 Å². The Morgan fingerprint density at radius 2 is 1.55 bits per heavy atom. The third-order valence-electron chi connectivity index (χ3n) is 2.68. The van der Waals surface area contributed by atoms with Gasteiger partial charge in [-0.15, -0.1) is 5.56 Å². The van der Waals surface area contributed by atoms with E-state index in [0.717, 1.165) is 18.4 Å². The molecule has 0 aliphatic carbocycles. The smallest absolute Gasteiger partial charge is 0.0433 e. The van der Waals surface area contributed by atoms with Crippen LogP contribution >= 0.6 is 0 Å². The van der Waals surface area contributed by atoms with Crippen LogP contribution in [0.1, 0.15) is 30.9 Å². The first-order chi connectivity index (χ1) is 9.34. The normalized spacial score (nSPS) is 11.5. The average Bonchev–Trinajstić information content (AvgIpc) is 3.13. The molecule has 2 nitrogen and oxygen atoms in total. The summed E-state index contributed by atoms with van der Waals surface area (Å²) in [7, 11) is 0. The molecule has 0 aliphatic rings. The van der Waals surface area contributed by atoms with Gasteiger partial charge < -0.3 is 40.5 Å². The number of hydrogen-bond acceptors (Lipinski definition) is 2. The Morgan fingerprint density at radius 1 is 1.00 bits per heavy atom. The molecule has 20 heavy (non-hydrogen) atoms. The minimum Gasteiger partial charge on any atom is -0.748 e. The van der Waals surface area contributed by atoms with Gasteiger partial charge in [-0.1, -0.05) is 12.2 Å². The van der Waals surface area contributed by atoms with Crippen LogP contribution < -0.4 is 0 Å². The molecule has 0 heterocycles. The Labute approximate surface area is 132 Å². The minimum atomic E-state index is -0.393. The molecule has 2 rings (SSSR count). The van der Waals surface area contributed by atoms with Crippen molar-refractivity contribution in [2.75, 3.05) is 6.61 Å². The molecular formula is C17H22FeO2-6. The summed E-state index contributed by atoms with van der Waals surface area (Å²) in [5.74, 6) is 0. The molecule has 0 aliphatic heterocycles. The Kier molecular flexibility index (Phi) is 12.2. The van der Waals surface area contributed by atoms with E-state index in [4.69, 9.17) is 5.11 Å². The van der Waals surface area contributed by atoms with Crippen LogP contribution in [0, 0.1) is 0 Å². The van der Waals surface area contributed by atoms with Crippen LogP contribution in [0.25, 0.3) is 0 Å². The van der Waals surface area contributed by atoms with Crippen molar-refractivity contribution in [1.82, 2.24) is 0 Å². The molecule has 1 atom stereocenters. The van der Waals surface area contributed by atoms with Crippen LogP contribution in [0.2, 0.25) is 0 Å². The van der Waals surface area contributed by atoms with E-state index in [2.05, 4.69) is 0 Å². The van der Waals surface area contributed by atoms with Gasteiger partial charge in [0.1, 0.15) is 0 Å². The van der Waals surface area contributed by atoms with Gasteiger partial charge in [-0.25, -0.2) is 12.1 Å². The van der Waals surface area contributed by atoms with E-state index in [1.165, 1.54) is 0 Å². The Bertz CT molecular complexity index is 387. The number of aliphatic hydroxyl groups is 2. The Hall–Kier alpha value is -1.12. The van der Waals surface area contributed by atoms with Crippen LogP contribution in [0.5, 0.6) is 0 Å². The molecule has 0 fully saturated rings. The molecule has 0 amide bonds. The van der Waals surface area contributed by atoms with Crippen molar-refractivity contribution >= 4 is 0 Å². The predicted molar refractivity (Wildman–Crippen MR) is 79.1 cm³/mol. The van der Waals surface area contributed by atoms with Gasteiger partial charge in [-0.05, 0) is 19.3 Å². The second-order valence-electron chi connectivity index (χ2n) is 4.27. The molecule has 2 aromatic carbocycles. The number of rotatable bonds is 6. The molecule has 0 saturated carbocycles. The van der Waals surface area contributed by atoms with Crippen LogP contribution in [-0.2, 0) is 17.1 Å². The van der Waals surface area contributed by atoms with E-state index in [0.29, 0.717) is 6.42 Å². The number of aliphatic hydroxyl groups excluding tert-OH is 2. The zero-order valence-electron chi connectivity index (χ0n) is 11.5. The summed E-state index contributed by atoms with van der Waals surface area (Å²) in [4.78, 5) is 0. The molecule has 2 N–H and O–H groups in total. The van der Waals surface area contributed by atoms with E-state index in [1.807, 2.05) is 66.7 Å². The maximum Gasteiger partial charge on any atom is 0.0433 e. The summed E-state index contributed by atoms with van der Waals surface area (Å²) >= 11 is 0. The molecule has 116 valence electrons. The molecule has 3 heteroatoms. The molecule has 0 bridgehead atoms.